The predicted molar refractivity (Wildman–Crippen MR) is 88.7 cm³/mol. The van der Waals surface area contributed by atoms with Crippen LogP contribution in [0.3, 0.4) is 0 Å². The van der Waals surface area contributed by atoms with Gasteiger partial charge in [-0.3, -0.25) is 4.72 Å². The number of nitrogens with one attached hydrogen (secondary N) is 2. The first kappa shape index (κ1) is 16.5. The van der Waals surface area contributed by atoms with E-state index in [1.807, 2.05) is 13.0 Å². The fourth-order valence-electron chi connectivity index (χ4n) is 1.66. The summed E-state index contributed by atoms with van der Waals surface area (Å²) >= 11 is 6.46. The molecule has 0 atom stereocenters. The lowest BCUT2D eigenvalue weighted by Crippen LogP contribution is -2.13. The molecule has 0 radical (unpaired) electrons. The van der Waals surface area contributed by atoms with Crippen LogP contribution in [0.1, 0.15) is 12.7 Å². The van der Waals surface area contributed by atoms with E-state index in [1.54, 1.807) is 18.2 Å². The maximum atomic E-state index is 12.4. The van der Waals surface area contributed by atoms with Crippen LogP contribution in [0.25, 0.3) is 0 Å². The third-order valence-corrected chi connectivity index (χ3v) is 5.58. The van der Waals surface area contributed by atoms with Crippen LogP contribution in [-0.2, 0) is 16.6 Å². The third-order valence-electron chi connectivity index (χ3n) is 2.66. The molecule has 0 saturated heterocycles. The maximum absolute atomic E-state index is 12.4. The minimum Gasteiger partial charge on any atom is -0.451 e. The smallest absolute Gasteiger partial charge is 0.266 e. The van der Waals surface area contributed by atoms with Gasteiger partial charge in [0.2, 0.25) is 0 Å². The number of anilines is 1. The number of rotatable bonds is 6. The molecule has 114 valence electrons. The molecule has 21 heavy (non-hydrogen) atoms. The molecule has 0 spiro atoms. The van der Waals surface area contributed by atoms with E-state index >= 15 is 0 Å². The lowest BCUT2D eigenvalue weighted by molar-refractivity contribution is 0.464. The van der Waals surface area contributed by atoms with E-state index in [9.17, 15) is 8.42 Å². The Bertz CT molecular complexity index is 729. The van der Waals surface area contributed by atoms with Crippen molar-refractivity contribution in [2.45, 2.75) is 18.4 Å². The summed E-state index contributed by atoms with van der Waals surface area (Å²) in [5, 5.41) is 3.08. The van der Waals surface area contributed by atoms with Gasteiger partial charge < -0.3 is 9.73 Å². The number of para-hydroxylation sites is 1. The van der Waals surface area contributed by atoms with Crippen molar-refractivity contribution in [2.24, 2.45) is 0 Å². The Labute approximate surface area is 140 Å². The first-order valence-corrected chi connectivity index (χ1v) is 9.27. The van der Waals surface area contributed by atoms with E-state index in [2.05, 4.69) is 41.9 Å². The summed E-state index contributed by atoms with van der Waals surface area (Å²) in [6.07, 6.45) is 0. The standard InChI is InChI=1S/C13H14Br2N2O3S/c1-2-16-8-9-7-12(13(15)20-9)21(18,19)17-11-6-4-3-5-10(11)14/h3-7,16-17H,2,8H2,1H3. The SMILES string of the molecule is CCNCc1cc(S(=O)(=O)Nc2ccccc2Br)c(Br)o1. The van der Waals surface area contributed by atoms with Gasteiger partial charge in [0, 0.05) is 10.5 Å². The largest absolute Gasteiger partial charge is 0.451 e. The molecule has 0 unspecified atom stereocenters. The van der Waals surface area contributed by atoms with Gasteiger partial charge in [0.25, 0.3) is 10.0 Å². The summed E-state index contributed by atoms with van der Waals surface area (Å²) in [4.78, 5) is 0.0751. The Morgan fingerprint density at radius 3 is 2.62 bits per heavy atom. The summed E-state index contributed by atoms with van der Waals surface area (Å²) < 4.78 is 33.6. The van der Waals surface area contributed by atoms with Gasteiger partial charge >= 0.3 is 0 Å². The van der Waals surface area contributed by atoms with Gasteiger partial charge in [0.05, 0.1) is 12.2 Å². The highest BCUT2D eigenvalue weighted by Gasteiger charge is 2.23. The van der Waals surface area contributed by atoms with Gasteiger partial charge in [-0.05, 0) is 50.5 Å². The minimum atomic E-state index is -3.72. The van der Waals surface area contributed by atoms with Crippen LogP contribution in [0.2, 0.25) is 0 Å². The summed E-state index contributed by atoms with van der Waals surface area (Å²) in [5.74, 6) is 0.552. The van der Waals surface area contributed by atoms with Crippen LogP contribution in [0.15, 0.2) is 48.8 Å². The van der Waals surface area contributed by atoms with E-state index in [1.165, 1.54) is 6.07 Å². The normalized spacial score (nSPS) is 11.6. The van der Waals surface area contributed by atoms with E-state index in [-0.39, 0.29) is 9.56 Å². The fourth-order valence-corrected chi connectivity index (χ4v) is 4.25. The summed E-state index contributed by atoms with van der Waals surface area (Å²) in [6.45, 7) is 3.21. The molecule has 0 saturated carbocycles. The number of benzene rings is 1. The fraction of sp³-hybridized carbons (Fsp3) is 0.231. The predicted octanol–water partition coefficient (Wildman–Crippen LogP) is 3.71. The first-order valence-electron chi connectivity index (χ1n) is 6.20. The van der Waals surface area contributed by atoms with Gasteiger partial charge in [-0.1, -0.05) is 19.1 Å². The molecule has 2 aromatic rings. The third kappa shape index (κ3) is 4.09. The van der Waals surface area contributed by atoms with E-state index in [0.717, 1.165) is 6.54 Å². The zero-order valence-electron chi connectivity index (χ0n) is 11.2. The van der Waals surface area contributed by atoms with Crippen molar-refractivity contribution in [1.82, 2.24) is 5.32 Å². The summed E-state index contributed by atoms with van der Waals surface area (Å²) in [7, 11) is -3.72. The highest BCUT2D eigenvalue weighted by molar-refractivity contribution is 9.10. The average Bonchev–Trinajstić information content (AvgIpc) is 2.81. The van der Waals surface area contributed by atoms with E-state index < -0.39 is 10.0 Å². The molecule has 0 bridgehead atoms. The van der Waals surface area contributed by atoms with Crippen LogP contribution in [0, 0.1) is 0 Å². The first-order chi connectivity index (χ1) is 9.94. The molecule has 1 heterocycles. The second kappa shape index (κ2) is 6.95. The van der Waals surface area contributed by atoms with Crippen molar-refractivity contribution < 1.29 is 12.8 Å². The zero-order valence-corrected chi connectivity index (χ0v) is 15.2. The van der Waals surface area contributed by atoms with E-state index in [0.29, 0.717) is 22.5 Å². The van der Waals surface area contributed by atoms with Gasteiger partial charge in [0.1, 0.15) is 10.7 Å². The molecule has 0 fully saturated rings. The summed E-state index contributed by atoms with van der Waals surface area (Å²) in [6, 6.07) is 8.51. The van der Waals surface area contributed by atoms with Crippen molar-refractivity contribution in [2.75, 3.05) is 11.3 Å². The lowest BCUT2D eigenvalue weighted by atomic mass is 10.3. The van der Waals surface area contributed by atoms with Crippen molar-refractivity contribution in [1.29, 1.82) is 0 Å². The number of hydrogen-bond donors (Lipinski definition) is 2. The monoisotopic (exact) mass is 436 g/mol. The molecule has 0 aliphatic carbocycles. The number of halogens is 2. The van der Waals surface area contributed by atoms with Gasteiger partial charge in [-0.15, -0.1) is 0 Å². The van der Waals surface area contributed by atoms with Crippen molar-refractivity contribution in [3.63, 3.8) is 0 Å². The zero-order chi connectivity index (χ0) is 15.5. The molecule has 0 amide bonds. The van der Waals surface area contributed by atoms with Crippen molar-refractivity contribution >= 4 is 47.6 Å². The lowest BCUT2D eigenvalue weighted by Gasteiger charge is -2.08. The molecular formula is C13H14Br2N2O3S. The Balaban J connectivity index is 2.27. The highest BCUT2D eigenvalue weighted by Crippen LogP contribution is 2.30. The number of sulfonamides is 1. The maximum Gasteiger partial charge on any atom is 0.266 e. The Morgan fingerprint density at radius 1 is 1.24 bits per heavy atom. The second-order valence-electron chi connectivity index (χ2n) is 4.22. The molecule has 5 nitrogen and oxygen atoms in total. The molecule has 1 aromatic heterocycles. The van der Waals surface area contributed by atoms with Crippen molar-refractivity contribution in [3.8, 4) is 0 Å². The molecular weight excluding hydrogens is 424 g/mol. The van der Waals surface area contributed by atoms with Crippen LogP contribution in [0.4, 0.5) is 5.69 Å². The Kier molecular flexibility index (Phi) is 5.48. The van der Waals surface area contributed by atoms with Gasteiger partial charge in [0.15, 0.2) is 4.67 Å². The van der Waals surface area contributed by atoms with Crippen LogP contribution < -0.4 is 10.0 Å². The molecule has 2 rings (SSSR count). The minimum absolute atomic E-state index is 0.0751. The van der Waals surface area contributed by atoms with Crippen LogP contribution in [0.5, 0.6) is 0 Å². The molecule has 8 heteroatoms. The second-order valence-corrected chi connectivity index (χ2v) is 7.44. The van der Waals surface area contributed by atoms with Crippen LogP contribution >= 0.6 is 31.9 Å². The number of hydrogen-bond acceptors (Lipinski definition) is 4. The topological polar surface area (TPSA) is 71.3 Å². The molecule has 0 aliphatic rings. The Morgan fingerprint density at radius 2 is 1.95 bits per heavy atom. The Hall–Kier alpha value is -0.830. The van der Waals surface area contributed by atoms with Crippen molar-refractivity contribution in [3.05, 3.63) is 45.2 Å². The van der Waals surface area contributed by atoms with E-state index in [4.69, 9.17) is 4.42 Å². The molecule has 0 aliphatic heterocycles. The molecule has 2 N–H and O–H groups in total. The molecule has 1 aromatic carbocycles. The average molecular weight is 438 g/mol. The van der Waals surface area contributed by atoms with Gasteiger partial charge in [-0.25, -0.2) is 8.42 Å². The quantitative estimate of drug-likeness (QED) is 0.722. The van der Waals surface area contributed by atoms with Gasteiger partial charge in [-0.2, -0.15) is 0 Å². The van der Waals surface area contributed by atoms with Crippen LogP contribution in [-0.4, -0.2) is 15.0 Å². The summed E-state index contributed by atoms with van der Waals surface area (Å²) in [5.41, 5.74) is 0.471. The highest BCUT2D eigenvalue weighted by atomic mass is 79.9. The number of furan rings is 1.